The molecule has 1 aliphatic rings. The van der Waals surface area contributed by atoms with Gasteiger partial charge < -0.3 is 14.8 Å². The molecule has 0 unspecified atom stereocenters. The topological polar surface area (TPSA) is 102 Å². The van der Waals surface area contributed by atoms with Gasteiger partial charge in [-0.3, -0.25) is 9.59 Å². The zero-order valence-electron chi connectivity index (χ0n) is 17.8. The number of aryl methyl sites for hydroxylation is 2. The van der Waals surface area contributed by atoms with Crippen molar-refractivity contribution in [2.24, 2.45) is 0 Å². The van der Waals surface area contributed by atoms with E-state index in [4.69, 9.17) is 9.47 Å². The number of carbonyl (C=O) groups excluding carboxylic acids is 2. The van der Waals surface area contributed by atoms with Crippen LogP contribution < -0.4 is 10.1 Å². The van der Waals surface area contributed by atoms with Crippen LogP contribution in [0.3, 0.4) is 0 Å². The normalized spacial score (nSPS) is 14.9. The third kappa shape index (κ3) is 5.51. The van der Waals surface area contributed by atoms with Gasteiger partial charge in [0, 0.05) is 41.2 Å². The maximum absolute atomic E-state index is 12.9. The van der Waals surface area contributed by atoms with Gasteiger partial charge in [-0.15, -0.1) is 11.3 Å². The lowest BCUT2D eigenvalue weighted by atomic mass is 10.1. The molecular weight excluding hydrogens is 440 g/mol. The number of methoxy groups -OCH3 is 1. The molecule has 1 aromatic heterocycles. The molecule has 3 rings (SSSR count). The number of sulfonamides is 1. The smallest absolute Gasteiger partial charge is 0.243 e. The first kappa shape index (κ1) is 23.4. The predicted octanol–water partition coefficient (Wildman–Crippen LogP) is 3.00. The molecule has 8 nitrogen and oxygen atoms in total. The Labute approximate surface area is 186 Å². The van der Waals surface area contributed by atoms with Crippen LogP contribution in [0.5, 0.6) is 5.75 Å². The fourth-order valence-corrected chi connectivity index (χ4v) is 5.74. The van der Waals surface area contributed by atoms with Crippen molar-refractivity contribution in [3.8, 4) is 5.75 Å². The third-order valence-electron chi connectivity index (χ3n) is 4.97. The molecule has 0 aliphatic carbocycles. The predicted molar refractivity (Wildman–Crippen MR) is 119 cm³/mol. The van der Waals surface area contributed by atoms with Gasteiger partial charge in [0.2, 0.25) is 15.9 Å². The van der Waals surface area contributed by atoms with Crippen molar-refractivity contribution in [2.75, 3.05) is 38.7 Å². The summed E-state index contributed by atoms with van der Waals surface area (Å²) in [7, 11) is -2.28. The number of ketones is 1. The van der Waals surface area contributed by atoms with Gasteiger partial charge in [-0.1, -0.05) is 0 Å². The minimum absolute atomic E-state index is 0.0171. The highest BCUT2D eigenvalue weighted by molar-refractivity contribution is 7.89. The number of nitrogens with zero attached hydrogens (tertiary/aromatic N) is 1. The summed E-state index contributed by atoms with van der Waals surface area (Å²) in [4.78, 5) is 26.9. The van der Waals surface area contributed by atoms with Crippen LogP contribution in [0.25, 0.3) is 0 Å². The summed E-state index contributed by atoms with van der Waals surface area (Å²) in [6.45, 7) is 5.06. The second-order valence-electron chi connectivity index (χ2n) is 7.18. The van der Waals surface area contributed by atoms with Gasteiger partial charge in [-0.25, -0.2) is 8.42 Å². The number of morpholine rings is 1. The number of benzene rings is 1. The van der Waals surface area contributed by atoms with Crippen LogP contribution in [-0.2, 0) is 19.6 Å². The van der Waals surface area contributed by atoms with Crippen LogP contribution >= 0.6 is 11.3 Å². The molecule has 10 heteroatoms. The van der Waals surface area contributed by atoms with E-state index in [-0.39, 0.29) is 42.3 Å². The molecule has 31 heavy (non-hydrogen) atoms. The second kappa shape index (κ2) is 9.90. The van der Waals surface area contributed by atoms with E-state index in [0.717, 1.165) is 9.75 Å². The summed E-state index contributed by atoms with van der Waals surface area (Å²) in [6.07, 6.45) is 0.0493. The highest BCUT2D eigenvalue weighted by Crippen LogP contribution is 2.29. The summed E-state index contributed by atoms with van der Waals surface area (Å²) < 4.78 is 37.6. The van der Waals surface area contributed by atoms with Crippen LogP contribution in [0.2, 0.25) is 0 Å². The number of Topliss-reactive ketones (excluding diaryl/α,β-unsaturated/α-hetero) is 1. The van der Waals surface area contributed by atoms with Crippen molar-refractivity contribution >= 4 is 38.7 Å². The molecule has 1 saturated heterocycles. The molecule has 2 heterocycles. The van der Waals surface area contributed by atoms with Crippen LogP contribution in [0, 0.1) is 13.8 Å². The number of nitrogens with one attached hydrogen (secondary N) is 1. The zero-order valence-corrected chi connectivity index (χ0v) is 19.4. The summed E-state index contributed by atoms with van der Waals surface area (Å²) in [5.74, 6) is -0.144. The van der Waals surface area contributed by atoms with Crippen molar-refractivity contribution < 1.29 is 27.5 Å². The Hall–Kier alpha value is -2.27. The lowest BCUT2D eigenvalue weighted by Crippen LogP contribution is -2.40. The lowest BCUT2D eigenvalue weighted by Gasteiger charge is -2.26. The Morgan fingerprint density at radius 1 is 1.16 bits per heavy atom. The number of hydrogen-bond acceptors (Lipinski definition) is 7. The minimum atomic E-state index is -3.72. The van der Waals surface area contributed by atoms with Gasteiger partial charge >= 0.3 is 0 Å². The average molecular weight is 467 g/mol. The summed E-state index contributed by atoms with van der Waals surface area (Å²) >= 11 is 1.55. The Morgan fingerprint density at radius 2 is 1.87 bits per heavy atom. The number of thiophene rings is 1. The number of anilines is 1. The van der Waals surface area contributed by atoms with Gasteiger partial charge in [0.25, 0.3) is 0 Å². The van der Waals surface area contributed by atoms with Crippen LogP contribution in [0.1, 0.15) is 33.0 Å². The van der Waals surface area contributed by atoms with Crippen LogP contribution in [0.15, 0.2) is 29.2 Å². The van der Waals surface area contributed by atoms with E-state index in [9.17, 15) is 18.0 Å². The molecule has 0 radical (unpaired) electrons. The molecule has 1 amide bonds. The molecule has 1 fully saturated rings. The minimum Gasteiger partial charge on any atom is -0.495 e. The summed E-state index contributed by atoms with van der Waals surface area (Å²) in [5.41, 5.74) is 0.892. The number of rotatable bonds is 8. The molecule has 0 atom stereocenters. The Kier molecular flexibility index (Phi) is 7.47. The first-order valence-corrected chi connectivity index (χ1v) is 12.1. The van der Waals surface area contributed by atoms with Gasteiger partial charge in [0.1, 0.15) is 5.75 Å². The van der Waals surface area contributed by atoms with E-state index in [1.807, 2.05) is 19.9 Å². The molecular formula is C21H26N2O6S2. The van der Waals surface area contributed by atoms with E-state index >= 15 is 0 Å². The molecule has 2 aromatic rings. The maximum atomic E-state index is 12.9. The highest BCUT2D eigenvalue weighted by atomic mass is 32.2. The molecule has 1 aliphatic heterocycles. The van der Waals surface area contributed by atoms with E-state index in [1.54, 1.807) is 11.3 Å². The fourth-order valence-electron chi connectivity index (χ4n) is 3.36. The molecule has 0 saturated carbocycles. The first-order chi connectivity index (χ1) is 14.7. The van der Waals surface area contributed by atoms with Crippen molar-refractivity contribution in [3.63, 3.8) is 0 Å². The number of carbonyl (C=O) groups is 2. The lowest BCUT2D eigenvalue weighted by molar-refractivity contribution is -0.116. The molecule has 168 valence electrons. The van der Waals surface area contributed by atoms with Crippen LogP contribution in [0.4, 0.5) is 5.69 Å². The molecule has 1 aromatic carbocycles. The van der Waals surface area contributed by atoms with Crippen LogP contribution in [-0.4, -0.2) is 57.8 Å². The van der Waals surface area contributed by atoms with E-state index in [0.29, 0.717) is 24.5 Å². The highest BCUT2D eigenvalue weighted by Gasteiger charge is 2.27. The zero-order chi connectivity index (χ0) is 22.6. The standard InChI is InChI=1S/C21H26N2O6S2/c1-14-12-17(15(2)30-14)19(24)5-7-21(25)22-18-13-16(4-6-20(18)28-3)31(26,27)23-8-10-29-11-9-23/h4,6,12-13H,5,7-11H2,1-3H3,(H,22,25). The van der Waals surface area contributed by atoms with Crippen molar-refractivity contribution in [2.45, 2.75) is 31.6 Å². The number of ether oxygens (including phenoxy) is 2. The molecule has 1 N–H and O–H groups in total. The van der Waals surface area contributed by atoms with E-state index in [1.165, 1.54) is 29.6 Å². The number of amides is 1. The van der Waals surface area contributed by atoms with Gasteiger partial charge in [0.05, 0.1) is 30.9 Å². The average Bonchev–Trinajstić information content (AvgIpc) is 3.10. The Morgan fingerprint density at radius 3 is 2.48 bits per heavy atom. The molecule has 0 bridgehead atoms. The van der Waals surface area contributed by atoms with Crippen molar-refractivity contribution in [3.05, 3.63) is 39.6 Å². The number of hydrogen-bond donors (Lipinski definition) is 1. The third-order valence-corrected chi connectivity index (χ3v) is 7.83. The quantitative estimate of drug-likeness (QED) is 0.600. The summed E-state index contributed by atoms with van der Waals surface area (Å²) in [6, 6.07) is 6.18. The largest absolute Gasteiger partial charge is 0.495 e. The fraction of sp³-hybridized carbons (Fsp3) is 0.429. The maximum Gasteiger partial charge on any atom is 0.243 e. The first-order valence-electron chi connectivity index (χ1n) is 9.88. The van der Waals surface area contributed by atoms with Gasteiger partial charge in [0.15, 0.2) is 5.78 Å². The second-order valence-corrected chi connectivity index (χ2v) is 10.6. The monoisotopic (exact) mass is 466 g/mol. The van der Waals surface area contributed by atoms with Gasteiger partial charge in [-0.05, 0) is 38.1 Å². The van der Waals surface area contributed by atoms with E-state index < -0.39 is 15.9 Å². The van der Waals surface area contributed by atoms with Gasteiger partial charge in [-0.2, -0.15) is 4.31 Å². The molecule has 0 spiro atoms. The Balaban J connectivity index is 1.71. The van der Waals surface area contributed by atoms with E-state index in [2.05, 4.69) is 5.32 Å². The SMILES string of the molecule is COc1ccc(S(=O)(=O)N2CCOCC2)cc1NC(=O)CCC(=O)c1cc(C)sc1C. The summed E-state index contributed by atoms with van der Waals surface area (Å²) in [5, 5.41) is 2.68. The van der Waals surface area contributed by atoms with Crippen molar-refractivity contribution in [1.82, 2.24) is 4.31 Å². The Bertz CT molecular complexity index is 1070. The van der Waals surface area contributed by atoms with Crippen molar-refractivity contribution in [1.29, 1.82) is 0 Å².